The van der Waals surface area contributed by atoms with E-state index in [0.29, 0.717) is 11.8 Å². The second kappa shape index (κ2) is 2.62. The first kappa shape index (κ1) is 8.68. The number of hydrogen-bond donors (Lipinski definition) is 0. The van der Waals surface area contributed by atoms with Gasteiger partial charge in [0, 0.05) is 11.8 Å². The van der Waals surface area contributed by atoms with Gasteiger partial charge >= 0.3 is 0 Å². The molecule has 5 aliphatic rings. The molecule has 0 N–H and O–H groups in total. The fourth-order valence-electron chi connectivity index (χ4n) is 3.97. The van der Waals surface area contributed by atoms with Gasteiger partial charge in [-0.15, -0.1) is 0 Å². The summed E-state index contributed by atoms with van der Waals surface area (Å²) in [6.45, 7) is 0. The number of hydrogen-bond acceptors (Lipinski definition) is 2. The highest BCUT2D eigenvalue weighted by Crippen LogP contribution is 2.57. The fourth-order valence-corrected chi connectivity index (χ4v) is 3.97. The van der Waals surface area contributed by atoms with Gasteiger partial charge in [-0.2, -0.15) is 0 Å². The van der Waals surface area contributed by atoms with E-state index in [4.69, 9.17) is 0 Å². The van der Waals surface area contributed by atoms with Gasteiger partial charge in [-0.25, -0.2) is 0 Å². The van der Waals surface area contributed by atoms with Crippen LogP contribution in [0.5, 0.6) is 0 Å². The third-order valence-corrected chi connectivity index (χ3v) is 4.73. The summed E-state index contributed by atoms with van der Waals surface area (Å²) in [7, 11) is 0. The zero-order valence-corrected chi connectivity index (χ0v) is 8.74. The van der Waals surface area contributed by atoms with Crippen molar-refractivity contribution >= 4 is 11.6 Å². The number of rotatable bonds is 0. The smallest absolute Gasteiger partial charge is 0.160 e. The molecule has 0 spiro atoms. The molecule has 0 unspecified atom stereocenters. The molecule has 2 bridgehead atoms. The zero-order chi connectivity index (χ0) is 10.9. The molecule has 0 aromatic heterocycles. The van der Waals surface area contributed by atoms with Crippen molar-refractivity contribution in [2.24, 2.45) is 35.5 Å². The molecular formula is C14H12O2. The second-order valence-corrected chi connectivity index (χ2v) is 5.27. The molecule has 5 aliphatic carbocycles. The molecular weight excluding hydrogens is 200 g/mol. The monoisotopic (exact) mass is 212 g/mol. The van der Waals surface area contributed by atoms with Crippen LogP contribution in [0.1, 0.15) is 0 Å². The van der Waals surface area contributed by atoms with Crippen molar-refractivity contribution < 1.29 is 9.59 Å². The lowest BCUT2D eigenvalue weighted by atomic mass is 9.47. The molecule has 0 amide bonds. The standard InChI is InChI=1S/C14H12O2/c15-11-5-6-12(16)14-10-4-3-9(13(11)14)7-1-2-8(7)10/h1-10,13-14H/t7-,8+,9-,10+,13+,14-. The molecule has 1 fully saturated rings. The molecule has 0 radical (unpaired) electrons. The molecule has 0 saturated heterocycles. The third kappa shape index (κ3) is 0.809. The topological polar surface area (TPSA) is 34.1 Å². The van der Waals surface area contributed by atoms with Crippen molar-refractivity contribution in [3.05, 3.63) is 36.5 Å². The zero-order valence-electron chi connectivity index (χ0n) is 8.74. The van der Waals surface area contributed by atoms with Crippen molar-refractivity contribution in [1.82, 2.24) is 0 Å². The van der Waals surface area contributed by atoms with Crippen LogP contribution in [0.25, 0.3) is 0 Å². The van der Waals surface area contributed by atoms with Crippen LogP contribution in [0.15, 0.2) is 36.5 Å². The van der Waals surface area contributed by atoms with Crippen LogP contribution in [0.3, 0.4) is 0 Å². The molecule has 5 rings (SSSR count). The summed E-state index contributed by atoms with van der Waals surface area (Å²) in [6.07, 6.45) is 11.7. The van der Waals surface area contributed by atoms with Gasteiger partial charge in [-0.3, -0.25) is 9.59 Å². The van der Waals surface area contributed by atoms with Gasteiger partial charge in [-0.1, -0.05) is 24.3 Å². The van der Waals surface area contributed by atoms with Gasteiger partial charge in [0.25, 0.3) is 0 Å². The highest BCUT2D eigenvalue weighted by Gasteiger charge is 2.56. The van der Waals surface area contributed by atoms with Crippen molar-refractivity contribution in [2.75, 3.05) is 0 Å². The van der Waals surface area contributed by atoms with E-state index in [2.05, 4.69) is 24.3 Å². The van der Waals surface area contributed by atoms with Gasteiger partial charge in [-0.05, 0) is 35.8 Å². The lowest BCUT2D eigenvalue weighted by Crippen LogP contribution is -2.55. The van der Waals surface area contributed by atoms with Crippen LogP contribution in [-0.4, -0.2) is 11.6 Å². The maximum atomic E-state index is 11.9. The normalized spacial score (nSPS) is 51.2. The van der Waals surface area contributed by atoms with E-state index in [0.717, 1.165) is 0 Å². The summed E-state index contributed by atoms with van der Waals surface area (Å²) in [5.74, 6) is 1.74. The van der Waals surface area contributed by atoms with Crippen LogP contribution in [0.4, 0.5) is 0 Å². The Balaban J connectivity index is 1.88. The first-order chi connectivity index (χ1) is 7.77. The Morgan fingerprint density at radius 2 is 1.00 bits per heavy atom. The van der Waals surface area contributed by atoms with Crippen molar-refractivity contribution in [3.63, 3.8) is 0 Å². The molecule has 6 atom stereocenters. The van der Waals surface area contributed by atoms with Crippen LogP contribution < -0.4 is 0 Å². The van der Waals surface area contributed by atoms with Gasteiger partial charge < -0.3 is 0 Å². The number of carbonyl (C=O) groups is 2. The van der Waals surface area contributed by atoms with E-state index in [1.807, 2.05) is 0 Å². The van der Waals surface area contributed by atoms with E-state index >= 15 is 0 Å². The molecule has 1 saturated carbocycles. The van der Waals surface area contributed by atoms with Gasteiger partial charge in [0.1, 0.15) is 0 Å². The van der Waals surface area contributed by atoms with Gasteiger partial charge in [0.05, 0.1) is 0 Å². The predicted octanol–water partition coefficient (Wildman–Crippen LogP) is 1.54. The maximum Gasteiger partial charge on any atom is 0.160 e. The SMILES string of the molecule is O=C1C=CC(=O)[C@H]2[C@H]3C=C[C@H]([C@@H]4C=C[C@@H]43)[C@@H]12. The number of ketones is 2. The van der Waals surface area contributed by atoms with Crippen LogP contribution in [-0.2, 0) is 9.59 Å². The number of carbonyl (C=O) groups excluding carboxylic acids is 2. The molecule has 2 nitrogen and oxygen atoms in total. The van der Waals surface area contributed by atoms with E-state index in [-0.39, 0.29) is 35.2 Å². The highest BCUT2D eigenvalue weighted by atomic mass is 16.1. The Hall–Kier alpha value is -1.44. The van der Waals surface area contributed by atoms with Crippen molar-refractivity contribution in [1.29, 1.82) is 0 Å². The quantitative estimate of drug-likeness (QED) is 0.571. The summed E-state index contributed by atoms with van der Waals surface area (Å²) >= 11 is 0. The van der Waals surface area contributed by atoms with Gasteiger partial charge in [0.15, 0.2) is 11.6 Å². The van der Waals surface area contributed by atoms with E-state index in [1.165, 1.54) is 12.2 Å². The fraction of sp³-hybridized carbons (Fsp3) is 0.429. The Bertz CT molecular complexity index is 441. The van der Waals surface area contributed by atoms with Crippen LogP contribution in [0.2, 0.25) is 0 Å². The summed E-state index contributed by atoms with van der Waals surface area (Å²) in [4.78, 5) is 23.9. The van der Waals surface area contributed by atoms with Crippen LogP contribution in [0, 0.1) is 35.5 Å². The molecule has 0 heterocycles. The Kier molecular flexibility index (Phi) is 1.42. The van der Waals surface area contributed by atoms with Crippen molar-refractivity contribution in [3.8, 4) is 0 Å². The maximum absolute atomic E-state index is 11.9. The average molecular weight is 212 g/mol. The highest BCUT2D eigenvalue weighted by molar-refractivity contribution is 6.08. The Morgan fingerprint density at radius 3 is 1.38 bits per heavy atom. The number of allylic oxidation sites excluding steroid dienone is 6. The summed E-state index contributed by atoms with van der Waals surface area (Å²) in [5.41, 5.74) is 0. The average Bonchev–Trinajstić information content (AvgIpc) is 2.23. The van der Waals surface area contributed by atoms with E-state index < -0.39 is 0 Å². The minimum absolute atomic E-state index is 0.0706. The lowest BCUT2D eigenvalue weighted by Gasteiger charge is -2.54. The summed E-state index contributed by atoms with van der Waals surface area (Å²) < 4.78 is 0. The largest absolute Gasteiger partial charge is 0.294 e. The van der Waals surface area contributed by atoms with Crippen molar-refractivity contribution in [2.45, 2.75) is 0 Å². The first-order valence-electron chi connectivity index (χ1n) is 5.90. The molecule has 16 heavy (non-hydrogen) atoms. The Labute approximate surface area is 93.7 Å². The summed E-state index contributed by atoms with van der Waals surface area (Å²) in [6, 6.07) is 0. The second-order valence-electron chi connectivity index (χ2n) is 5.27. The first-order valence-corrected chi connectivity index (χ1v) is 5.90. The molecule has 80 valence electrons. The third-order valence-electron chi connectivity index (χ3n) is 4.73. The summed E-state index contributed by atoms with van der Waals surface area (Å²) in [5, 5.41) is 0. The van der Waals surface area contributed by atoms with Gasteiger partial charge in [0.2, 0.25) is 0 Å². The molecule has 0 aromatic rings. The predicted molar refractivity (Wildman–Crippen MR) is 58.4 cm³/mol. The minimum atomic E-state index is -0.0706. The molecule has 0 aliphatic heterocycles. The lowest BCUT2D eigenvalue weighted by molar-refractivity contribution is -0.137. The van der Waals surface area contributed by atoms with E-state index in [9.17, 15) is 9.59 Å². The minimum Gasteiger partial charge on any atom is -0.294 e. The Morgan fingerprint density at radius 1 is 0.625 bits per heavy atom. The van der Waals surface area contributed by atoms with Crippen LogP contribution >= 0.6 is 0 Å². The van der Waals surface area contributed by atoms with E-state index in [1.54, 1.807) is 0 Å². The molecule has 0 aromatic carbocycles. The molecule has 2 heteroatoms.